The first-order chi connectivity index (χ1) is 14.1. The van der Waals surface area contributed by atoms with Gasteiger partial charge in [0.1, 0.15) is 6.04 Å². The Labute approximate surface area is 184 Å². The van der Waals surface area contributed by atoms with E-state index in [0.717, 1.165) is 5.56 Å². The molecule has 0 radical (unpaired) electrons. The highest BCUT2D eigenvalue weighted by Crippen LogP contribution is 2.34. The first-order valence-corrected chi connectivity index (χ1v) is 10.5. The summed E-state index contributed by atoms with van der Waals surface area (Å²) in [4.78, 5) is 29.6. The molecule has 2 aliphatic heterocycles. The summed E-state index contributed by atoms with van der Waals surface area (Å²) < 4.78 is 0. The monoisotopic (exact) mass is 427 g/mol. The van der Waals surface area contributed by atoms with Crippen LogP contribution in [0.5, 0.6) is 0 Å². The molecule has 3 atom stereocenters. The second-order valence-corrected chi connectivity index (χ2v) is 8.32. The molecule has 6 heteroatoms. The van der Waals surface area contributed by atoms with Crippen LogP contribution in [0, 0.1) is 12.8 Å². The first kappa shape index (κ1) is 22.3. The van der Waals surface area contributed by atoms with Crippen molar-refractivity contribution in [1.29, 1.82) is 0 Å². The highest BCUT2D eigenvalue weighted by Gasteiger charge is 2.42. The Kier molecular flexibility index (Phi) is 7.16. The van der Waals surface area contributed by atoms with Crippen LogP contribution in [0.2, 0.25) is 0 Å². The quantitative estimate of drug-likeness (QED) is 0.797. The summed E-state index contributed by atoms with van der Waals surface area (Å²) in [5.41, 5.74) is 9.52. The maximum absolute atomic E-state index is 13.4. The van der Waals surface area contributed by atoms with Crippen molar-refractivity contribution in [3.63, 3.8) is 0 Å². The Hall–Kier alpha value is -2.37. The zero-order valence-corrected chi connectivity index (χ0v) is 18.2. The Balaban J connectivity index is 0.00000256. The molecule has 2 aliphatic rings. The lowest BCUT2D eigenvalue weighted by atomic mass is 9.89. The minimum atomic E-state index is -0.364. The molecule has 2 N–H and O–H groups in total. The molecule has 1 unspecified atom stereocenters. The number of nitrogens with zero attached hydrogens (tertiary/aromatic N) is 2. The van der Waals surface area contributed by atoms with Crippen molar-refractivity contribution in [1.82, 2.24) is 9.80 Å². The van der Waals surface area contributed by atoms with Crippen molar-refractivity contribution < 1.29 is 9.59 Å². The molecule has 2 fully saturated rings. The number of hydrogen-bond acceptors (Lipinski definition) is 3. The molecule has 2 heterocycles. The van der Waals surface area contributed by atoms with Crippen molar-refractivity contribution in [2.75, 3.05) is 19.6 Å². The fraction of sp³-hybridized carbons (Fsp3) is 0.417. The molecule has 2 aromatic rings. The van der Waals surface area contributed by atoms with Crippen LogP contribution in [0.1, 0.15) is 35.4 Å². The van der Waals surface area contributed by atoms with E-state index in [1.807, 2.05) is 54.3 Å². The average Bonchev–Trinajstić information content (AvgIpc) is 3.34. The smallest absolute Gasteiger partial charge is 0.245 e. The number of amides is 2. The van der Waals surface area contributed by atoms with Crippen LogP contribution >= 0.6 is 12.4 Å². The number of rotatable bonds is 5. The summed E-state index contributed by atoms with van der Waals surface area (Å²) in [6, 6.07) is 18.1. The Morgan fingerprint density at radius 2 is 1.77 bits per heavy atom. The van der Waals surface area contributed by atoms with Gasteiger partial charge in [0.05, 0.1) is 0 Å². The van der Waals surface area contributed by atoms with Crippen LogP contribution in [0.25, 0.3) is 0 Å². The molecule has 0 aliphatic carbocycles. The summed E-state index contributed by atoms with van der Waals surface area (Å²) in [5, 5.41) is 0. The van der Waals surface area contributed by atoms with Crippen LogP contribution in [0.4, 0.5) is 0 Å². The molecule has 30 heavy (non-hydrogen) atoms. The van der Waals surface area contributed by atoms with E-state index < -0.39 is 0 Å². The van der Waals surface area contributed by atoms with Gasteiger partial charge in [-0.2, -0.15) is 0 Å². The molecular weight excluding hydrogens is 398 g/mol. The van der Waals surface area contributed by atoms with E-state index in [2.05, 4.69) is 12.1 Å². The number of hydrogen-bond donors (Lipinski definition) is 1. The maximum Gasteiger partial charge on any atom is 0.245 e. The summed E-state index contributed by atoms with van der Waals surface area (Å²) in [7, 11) is 0. The first-order valence-electron chi connectivity index (χ1n) is 10.5. The minimum absolute atomic E-state index is 0. The third kappa shape index (κ3) is 4.52. The van der Waals surface area contributed by atoms with E-state index in [1.54, 1.807) is 4.90 Å². The van der Waals surface area contributed by atoms with Gasteiger partial charge in [0.25, 0.3) is 0 Å². The second-order valence-electron chi connectivity index (χ2n) is 8.32. The highest BCUT2D eigenvalue weighted by molar-refractivity contribution is 5.91. The number of likely N-dealkylation sites (tertiary alicyclic amines) is 2. The number of halogens is 1. The second kappa shape index (κ2) is 9.63. The summed E-state index contributed by atoms with van der Waals surface area (Å²) in [6.07, 6.45) is 1.04. The van der Waals surface area contributed by atoms with Crippen LogP contribution in [-0.2, 0) is 16.1 Å². The maximum atomic E-state index is 13.4. The van der Waals surface area contributed by atoms with Crippen LogP contribution < -0.4 is 5.73 Å². The summed E-state index contributed by atoms with van der Waals surface area (Å²) in [5.74, 6) is 0.648. The van der Waals surface area contributed by atoms with Crippen LogP contribution in [0.3, 0.4) is 0 Å². The van der Waals surface area contributed by atoms with Gasteiger partial charge in [0, 0.05) is 32.0 Å². The van der Waals surface area contributed by atoms with E-state index in [0.29, 0.717) is 39.0 Å². The molecule has 2 amide bonds. The zero-order valence-electron chi connectivity index (χ0n) is 17.4. The van der Waals surface area contributed by atoms with Crippen molar-refractivity contribution in [3.8, 4) is 0 Å². The predicted molar refractivity (Wildman–Crippen MR) is 120 cm³/mol. The largest absolute Gasteiger partial charge is 0.340 e. The van der Waals surface area contributed by atoms with Crippen LogP contribution in [0.15, 0.2) is 54.6 Å². The van der Waals surface area contributed by atoms with Crippen molar-refractivity contribution in [2.24, 2.45) is 11.7 Å². The molecule has 2 aromatic carbocycles. The minimum Gasteiger partial charge on any atom is -0.340 e. The third-order valence-electron chi connectivity index (χ3n) is 6.37. The van der Waals surface area contributed by atoms with Gasteiger partial charge < -0.3 is 15.5 Å². The molecule has 0 spiro atoms. The SMILES string of the molecule is Cc1ccc(CN2C(=O)CCC2C(=O)N2C[C@@H](CN)[C@H](c3ccccc3)C2)cc1.Cl. The number of carbonyl (C=O) groups is 2. The molecule has 2 saturated heterocycles. The van der Waals surface area contributed by atoms with Gasteiger partial charge in [-0.25, -0.2) is 0 Å². The molecule has 0 bridgehead atoms. The Morgan fingerprint density at radius 1 is 1.07 bits per heavy atom. The van der Waals surface area contributed by atoms with Crippen molar-refractivity contribution in [2.45, 2.75) is 38.3 Å². The fourth-order valence-corrected chi connectivity index (χ4v) is 4.66. The lowest BCUT2D eigenvalue weighted by molar-refractivity contribution is -0.141. The number of benzene rings is 2. The summed E-state index contributed by atoms with van der Waals surface area (Å²) >= 11 is 0. The lowest BCUT2D eigenvalue weighted by Gasteiger charge is -2.28. The predicted octanol–water partition coefficient (Wildman–Crippen LogP) is 3.11. The Morgan fingerprint density at radius 3 is 2.43 bits per heavy atom. The standard InChI is InChI=1S/C24H29N3O2.ClH/c1-17-7-9-18(10-8-17)14-27-22(11-12-23(27)28)24(29)26-15-20(13-25)21(16-26)19-5-3-2-4-6-19;/h2-10,20-22H,11-16,25H2,1H3;1H/t20-,21+,22?;/m1./s1. The molecular formula is C24H30ClN3O2. The van der Waals surface area contributed by atoms with E-state index in [1.165, 1.54) is 11.1 Å². The van der Waals surface area contributed by atoms with E-state index in [4.69, 9.17) is 5.73 Å². The third-order valence-corrected chi connectivity index (χ3v) is 6.37. The van der Waals surface area contributed by atoms with Crippen molar-refractivity contribution >= 4 is 24.2 Å². The van der Waals surface area contributed by atoms with Gasteiger partial charge in [-0.3, -0.25) is 9.59 Å². The lowest BCUT2D eigenvalue weighted by Crippen LogP contribution is -2.46. The van der Waals surface area contributed by atoms with Gasteiger partial charge in [-0.05, 0) is 36.9 Å². The zero-order chi connectivity index (χ0) is 20.4. The fourth-order valence-electron chi connectivity index (χ4n) is 4.66. The van der Waals surface area contributed by atoms with Gasteiger partial charge in [0.15, 0.2) is 0 Å². The molecule has 0 aromatic heterocycles. The highest BCUT2D eigenvalue weighted by atomic mass is 35.5. The number of carbonyl (C=O) groups excluding carboxylic acids is 2. The molecule has 0 saturated carbocycles. The molecule has 5 nitrogen and oxygen atoms in total. The van der Waals surface area contributed by atoms with Gasteiger partial charge in [-0.15, -0.1) is 12.4 Å². The Bertz CT molecular complexity index is 872. The van der Waals surface area contributed by atoms with E-state index >= 15 is 0 Å². The van der Waals surface area contributed by atoms with Gasteiger partial charge in [-0.1, -0.05) is 60.2 Å². The van der Waals surface area contributed by atoms with Gasteiger partial charge in [0.2, 0.25) is 11.8 Å². The molecule has 160 valence electrons. The van der Waals surface area contributed by atoms with Gasteiger partial charge >= 0.3 is 0 Å². The normalized spacial score (nSPS) is 23.5. The molecule has 4 rings (SSSR count). The van der Waals surface area contributed by atoms with Crippen molar-refractivity contribution in [3.05, 3.63) is 71.3 Å². The van der Waals surface area contributed by atoms with Crippen LogP contribution in [-0.4, -0.2) is 47.3 Å². The van der Waals surface area contributed by atoms with E-state index in [-0.39, 0.29) is 42.1 Å². The van der Waals surface area contributed by atoms with E-state index in [9.17, 15) is 9.59 Å². The summed E-state index contributed by atoms with van der Waals surface area (Å²) in [6.45, 7) is 4.43. The average molecular weight is 428 g/mol. The number of aryl methyl sites for hydroxylation is 1. The topological polar surface area (TPSA) is 66.6 Å². The number of nitrogens with two attached hydrogens (primary N) is 1.